The number of amides is 2. The number of carbonyl (C=O) groups is 1. The third kappa shape index (κ3) is 4.51. The van der Waals surface area contributed by atoms with Gasteiger partial charge in [-0.1, -0.05) is 6.07 Å². The van der Waals surface area contributed by atoms with E-state index < -0.39 is 9.84 Å². The summed E-state index contributed by atoms with van der Waals surface area (Å²) in [7, 11) is -2.96. The molecular weight excluding hydrogens is 266 g/mol. The number of carbonyl (C=O) groups excluding carboxylic acids is 1. The molecule has 1 aromatic rings. The van der Waals surface area contributed by atoms with Crippen LogP contribution in [0.15, 0.2) is 24.4 Å². The number of rotatable bonds is 4. The summed E-state index contributed by atoms with van der Waals surface area (Å²) in [6.07, 6.45) is 2.85. The molecular formula is C12H17N3O3S. The smallest absolute Gasteiger partial charge is 0.315 e. The molecule has 2 rings (SSSR count). The highest BCUT2D eigenvalue weighted by Crippen LogP contribution is 2.10. The molecule has 1 aliphatic rings. The van der Waals surface area contributed by atoms with Crippen molar-refractivity contribution in [2.45, 2.75) is 18.9 Å². The first-order chi connectivity index (χ1) is 9.05. The first-order valence-electron chi connectivity index (χ1n) is 6.20. The summed E-state index contributed by atoms with van der Waals surface area (Å²) in [5, 5.41) is 5.37. The lowest BCUT2D eigenvalue weighted by molar-refractivity contribution is 0.238. The number of aromatic nitrogens is 1. The van der Waals surface area contributed by atoms with E-state index >= 15 is 0 Å². The average molecular weight is 283 g/mol. The average Bonchev–Trinajstić information content (AvgIpc) is 2.70. The van der Waals surface area contributed by atoms with Crippen LogP contribution in [0.4, 0.5) is 4.79 Å². The molecule has 2 N–H and O–H groups in total. The molecule has 0 aliphatic carbocycles. The number of hydrogen-bond donors (Lipinski definition) is 2. The van der Waals surface area contributed by atoms with E-state index in [-0.39, 0.29) is 23.6 Å². The molecule has 2 heterocycles. The summed E-state index contributed by atoms with van der Waals surface area (Å²) in [5.74, 6) is 0.201. The van der Waals surface area contributed by atoms with E-state index in [1.54, 1.807) is 6.20 Å². The van der Waals surface area contributed by atoms with Crippen molar-refractivity contribution in [3.05, 3.63) is 30.1 Å². The SMILES string of the molecule is O=C(NCCc1ccccn1)N[C@@H]1CCS(=O)(=O)C1. The van der Waals surface area contributed by atoms with Crippen molar-refractivity contribution in [2.75, 3.05) is 18.1 Å². The van der Waals surface area contributed by atoms with Crippen LogP contribution in [0.1, 0.15) is 12.1 Å². The molecule has 19 heavy (non-hydrogen) atoms. The van der Waals surface area contributed by atoms with Crippen molar-refractivity contribution in [2.24, 2.45) is 0 Å². The van der Waals surface area contributed by atoms with Gasteiger partial charge in [0, 0.05) is 30.9 Å². The first kappa shape index (κ1) is 13.8. The van der Waals surface area contributed by atoms with Gasteiger partial charge in [0.1, 0.15) is 0 Å². The zero-order valence-electron chi connectivity index (χ0n) is 10.5. The van der Waals surface area contributed by atoms with Gasteiger partial charge in [0.05, 0.1) is 11.5 Å². The van der Waals surface area contributed by atoms with Crippen LogP contribution in [0, 0.1) is 0 Å². The van der Waals surface area contributed by atoms with Crippen molar-refractivity contribution in [3.63, 3.8) is 0 Å². The van der Waals surface area contributed by atoms with Gasteiger partial charge in [0.15, 0.2) is 9.84 Å². The molecule has 0 spiro atoms. The van der Waals surface area contributed by atoms with Crippen LogP contribution in [0.25, 0.3) is 0 Å². The fourth-order valence-electron chi connectivity index (χ4n) is 2.00. The van der Waals surface area contributed by atoms with Crippen molar-refractivity contribution in [1.82, 2.24) is 15.6 Å². The van der Waals surface area contributed by atoms with Gasteiger partial charge in [-0.25, -0.2) is 13.2 Å². The number of sulfone groups is 1. The molecule has 7 heteroatoms. The van der Waals surface area contributed by atoms with E-state index in [1.807, 2.05) is 18.2 Å². The maximum absolute atomic E-state index is 11.6. The topological polar surface area (TPSA) is 88.2 Å². The minimum absolute atomic E-state index is 0.0423. The Morgan fingerprint density at radius 3 is 2.89 bits per heavy atom. The van der Waals surface area contributed by atoms with Crippen LogP contribution in [-0.2, 0) is 16.3 Å². The molecule has 1 aromatic heterocycles. The van der Waals surface area contributed by atoms with Crippen LogP contribution >= 0.6 is 0 Å². The van der Waals surface area contributed by atoms with Gasteiger partial charge in [0.2, 0.25) is 0 Å². The predicted octanol–water partition coefficient (Wildman–Crippen LogP) is 0.110. The van der Waals surface area contributed by atoms with E-state index in [0.29, 0.717) is 19.4 Å². The third-order valence-electron chi connectivity index (χ3n) is 2.96. The van der Waals surface area contributed by atoms with Gasteiger partial charge in [-0.3, -0.25) is 4.98 Å². The molecule has 2 amide bonds. The molecule has 0 unspecified atom stereocenters. The van der Waals surface area contributed by atoms with Gasteiger partial charge in [-0.2, -0.15) is 0 Å². The lowest BCUT2D eigenvalue weighted by atomic mass is 10.2. The Labute approximate surface area is 112 Å². The van der Waals surface area contributed by atoms with Crippen molar-refractivity contribution < 1.29 is 13.2 Å². The molecule has 1 atom stereocenters. The summed E-state index contributed by atoms with van der Waals surface area (Å²) in [6, 6.07) is 5.04. The summed E-state index contributed by atoms with van der Waals surface area (Å²) in [5.41, 5.74) is 0.909. The zero-order chi connectivity index (χ0) is 13.7. The Morgan fingerprint density at radius 2 is 2.26 bits per heavy atom. The Balaban J connectivity index is 1.68. The predicted molar refractivity (Wildman–Crippen MR) is 71.5 cm³/mol. The molecule has 6 nitrogen and oxygen atoms in total. The van der Waals surface area contributed by atoms with Crippen LogP contribution in [0.3, 0.4) is 0 Å². The van der Waals surface area contributed by atoms with Crippen molar-refractivity contribution in [1.29, 1.82) is 0 Å². The summed E-state index contributed by atoms with van der Waals surface area (Å²) in [4.78, 5) is 15.7. The Bertz CT molecular complexity index is 530. The highest BCUT2D eigenvalue weighted by atomic mass is 32.2. The molecule has 1 fully saturated rings. The van der Waals surface area contributed by atoms with Gasteiger partial charge >= 0.3 is 6.03 Å². The van der Waals surface area contributed by atoms with Gasteiger partial charge < -0.3 is 10.6 Å². The van der Waals surface area contributed by atoms with Crippen LogP contribution in [0.2, 0.25) is 0 Å². The van der Waals surface area contributed by atoms with Gasteiger partial charge in [-0.05, 0) is 18.6 Å². The highest BCUT2D eigenvalue weighted by Gasteiger charge is 2.28. The molecule has 0 aromatic carbocycles. The Morgan fingerprint density at radius 1 is 1.42 bits per heavy atom. The highest BCUT2D eigenvalue weighted by molar-refractivity contribution is 7.91. The van der Waals surface area contributed by atoms with E-state index in [4.69, 9.17) is 0 Å². The van der Waals surface area contributed by atoms with Gasteiger partial charge in [-0.15, -0.1) is 0 Å². The van der Waals surface area contributed by atoms with E-state index in [1.165, 1.54) is 0 Å². The molecule has 0 saturated carbocycles. The Kier molecular flexibility index (Phi) is 4.36. The first-order valence-corrected chi connectivity index (χ1v) is 8.02. The molecule has 1 saturated heterocycles. The maximum atomic E-state index is 11.6. The van der Waals surface area contributed by atoms with Crippen molar-refractivity contribution in [3.8, 4) is 0 Å². The van der Waals surface area contributed by atoms with E-state index in [0.717, 1.165) is 5.69 Å². The number of nitrogens with one attached hydrogen (secondary N) is 2. The number of nitrogens with zero attached hydrogens (tertiary/aromatic N) is 1. The zero-order valence-corrected chi connectivity index (χ0v) is 11.3. The molecule has 1 aliphatic heterocycles. The van der Waals surface area contributed by atoms with E-state index in [2.05, 4.69) is 15.6 Å². The normalized spacial score (nSPS) is 20.9. The number of urea groups is 1. The fraction of sp³-hybridized carbons (Fsp3) is 0.500. The van der Waals surface area contributed by atoms with Crippen LogP contribution in [-0.4, -0.2) is 43.5 Å². The minimum Gasteiger partial charge on any atom is -0.338 e. The molecule has 104 valence electrons. The lowest BCUT2D eigenvalue weighted by Gasteiger charge is -2.11. The summed E-state index contributed by atoms with van der Waals surface area (Å²) < 4.78 is 22.5. The fourth-order valence-corrected chi connectivity index (χ4v) is 3.67. The number of pyridine rings is 1. The lowest BCUT2D eigenvalue weighted by Crippen LogP contribution is -2.43. The molecule has 0 radical (unpaired) electrons. The second-order valence-electron chi connectivity index (χ2n) is 4.57. The second kappa shape index (κ2) is 6.01. The largest absolute Gasteiger partial charge is 0.338 e. The molecule has 0 bridgehead atoms. The standard InChI is InChI=1S/C12H17N3O3S/c16-12(15-11-5-8-19(17,18)9-11)14-7-4-10-3-1-2-6-13-10/h1-3,6,11H,4-5,7-9H2,(H2,14,15,16)/t11-/m1/s1. The summed E-state index contributed by atoms with van der Waals surface area (Å²) >= 11 is 0. The van der Waals surface area contributed by atoms with Gasteiger partial charge in [0.25, 0.3) is 0 Å². The number of hydrogen-bond acceptors (Lipinski definition) is 4. The quantitative estimate of drug-likeness (QED) is 0.821. The van der Waals surface area contributed by atoms with Crippen LogP contribution < -0.4 is 10.6 Å². The maximum Gasteiger partial charge on any atom is 0.315 e. The third-order valence-corrected chi connectivity index (χ3v) is 4.73. The van der Waals surface area contributed by atoms with E-state index in [9.17, 15) is 13.2 Å². The van der Waals surface area contributed by atoms with Crippen LogP contribution in [0.5, 0.6) is 0 Å². The monoisotopic (exact) mass is 283 g/mol. The Hall–Kier alpha value is -1.63. The minimum atomic E-state index is -2.96. The van der Waals surface area contributed by atoms with Crippen molar-refractivity contribution >= 4 is 15.9 Å². The second-order valence-corrected chi connectivity index (χ2v) is 6.80. The summed E-state index contributed by atoms with van der Waals surface area (Å²) in [6.45, 7) is 0.475.